The predicted molar refractivity (Wildman–Crippen MR) is 182 cm³/mol. The van der Waals surface area contributed by atoms with E-state index in [4.69, 9.17) is 18.8 Å². The van der Waals surface area contributed by atoms with Crippen LogP contribution >= 0.6 is 0 Å². The Kier molecular flexibility index (Phi) is 5.85. The van der Waals surface area contributed by atoms with E-state index >= 15 is 0 Å². The molecule has 0 amide bonds. The molecule has 1 N–H and O–H groups in total. The third-order valence-corrected chi connectivity index (χ3v) is 8.87. The van der Waals surface area contributed by atoms with Gasteiger partial charge in [0.05, 0.1) is 0 Å². The first-order valence-corrected chi connectivity index (χ1v) is 15.4. The van der Waals surface area contributed by atoms with E-state index in [1.165, 1.54) is 10.9 Å². The van der Waals surface area contributed by atoms with Gasteiger partial charge in [-0.2, -0.15) is 0 Å². The van der Waals surface area contributed by atoms with E-state index in [1.54, 1.807) is 0 Å². The molecule has 216 valence electrons. The molecule has 7 aromatic rings. The van der Waals surface area contributed by atoms with Crippen molar-refractivity contribution in [3.63, 3.8) is 0 Å². The Labute approximate surface area is 260 Å². The third kappa shape index (κ3) is 4.31. The van der Waals surface area contributed by atoms with Gasteiger partial charge in [0, 0.05) is 38.4 Å². The fourth-order valence-electron chi connectivity index (χ4n) is 6.79. The van der Waals surface area contributed by atoms with Crippen LogP contribution in [0.25, 0.3) is 38.5 Å². The van der Waals surface area contributed by atoms with Crippen molar-refractivity contribution in [2.75, 3.05) is 0 Å². The minimum absolute atomic E-state index is 0.279. The quantitative estimate of drug-likeness (QED) is 0.224. The lowest BCUT2D eigenvalue weighted by atomic mass is 9.85. The third-order valence-electron chi connectivity index (χ3n) is 8.87. The Bertz CT molecular complexity index is 2340. The zero-order chi connectivity index (χ0) is 29.9. The second-order valence-corrected chi connectivity index (χ2v) is 11.9. The van der Waals surface area contributed by atoms with Crippen LogP contribution in [0.1, 0.15) is 46.7 Å². The average molecular weight is 584 g/mol. The van der Waals surface area contributed by atoms with Crippen molar-refractivity contribution >= 4 is 50.2 Å². The monoisotopic (exact) mass is 583 g/mol. The van der Waals surface area contributed by atoms with Gasteiger partial charge in [-0.1, -0.05) is 110 Å². The number of para-hydroxylation sites is 1. The number of rotatable bonds is 4. The van der Waals surface area contributed by atoms with E-state index in [9.17, 15) is 0 Å². The van der Waals surface area contributed by atoms with E-state index < -0.39 is 0 Å². The summed E-state index contributed by atoms with van der Waals surface area (Å²) < 4.78 is 12.9. The van der Waals surface area contributed by atoms with Crippen LogP contribution in [0.5, 0.6) is 0 Å². The number of hydrogen-bond acceptors (Lipinski definition) is 5. The minimum atomic E-state index is -0.279. The molecule has 0 spiro atoms. The van der Waals surface area contributed by atoms with E-state index in [0.717, 1.165) is 73.4 Å². The van der Waals surface area contributed by atoms with Gasteiger partial charge < -0.3 is 14.2 Å². The number of fused-ring (bicyclic) bond motifs is 6. The summed E-state index contributed by atoms with van der Waals surface area (Å²) in [6.45, 7) is 2.27. The highest BCUT2D eigenvalue weighted by Gasteiger charge is 2.27. The number of nitrogens with zero attached hydrogens (tertiary/aromatic N) is 2. The van der Waals surface area contributed by atoms with Crippen LogP contribution in [0.15, 0.2) is 146 Å². The maximum absolute atomic E-state index is 6.48. The Morgan fingerprint density at radius 1 is 0.689 bits per heavy atom. The maximum Gasteiger partial charge on any atom is 0.160 e. The topological polar surface area (TPSA) is 63.0 Å². The maximum atomic E-state index is 6.48. The molecular weight excluding hydrogens is 554 g/mol. The first-order chi connectivity index (χ1) is 22.2. The SMILES string of the molecule is CC1C=C(c2ccc3oc4cccc(C5=NC(c6ccccc6)NC(c6ccccc6)=N5)c4c3c2)c2oc3ccccc3c2C1. The molecule has 3 heterocycles. The lowest BCUT2D eigenvalue weighted by Crippen LogP contribution is -2.33. The van der Waals surface area contributed by atoms with Gasteiger partial charge in [-0.15, -0.1) is 0 Å². The molecule has 5 nitrogen and oxygen atoms in total. The van der Waals surface area contributed by atoms with E-state index in [-0.39, 0.29) is 6.17 Å². The molecule has 5 aromatic carbocycles. The van der Waals surface area contributed by atoms with Crippen molar-refractivity contribution in [1.29, 1.82) is 0 Å². The summed E-state index contributed by atoms with van der Waals surface area (Å²) in [5, 5.41) is 6.80. The fraction of sp³-hybridized carbons (Fsp3) is 0.100. The summed E-state index contributed by atoms with van der Waals surface area (Å²) in [7, 11) is 0. The molecule has 9 rings (SSSR count). The van der Waals surface area contributed by atoms with Crippen molar-refractivity contribution < 1.29 is 8.83 Å². The van der Waals surface area contributed by atoms with Gasteiger partial charge in [-0.3, -0.25) is 0 Å². The highest BCUT2D eigenvalue weighted by molar-refractivity contribution is 6.22. The number of aliphatic imine (C=N–C) groups is 2. The van der Waals surface area contributed by atoms with Gasteiger partial charge in [0.15, 0.2) is 5.84 Å². The van der Waals surface area contributed by atoms with Gasteiger partial charge in [0.1, 0.15) is 34.5 Å². The molecule has 45 heavy (non-hydrogen) atoms. The standard InChI is InChI=1S/C40H29N3O2/c1-24-21-30(37-31(22-24)28-15-8-9-17-33(28)45-37)27-19-20-34-32(23-27)36-29(16-10-18-35(36)44-34)40-42-38(25-11-4-2-5-12-25)41-39(43-40)26-13-6-3-7-14-26/h2-21,23-24,38H,22H2,1H3,(H,41,42,43). The van der Waals surface area contributed by atoms with Gasteiger partial charge >= 0.3 is 0 Å². The first kappa shape index (κ1) is 25.8. The molecule has 0 radical (unpaired) electrons. The second-order valence-electron chi connectivity index (χ2n) is 11.9. The molecule has 0 fully saturated rings. The lowest BCUT2D eigenvalue weighted by molar-refractivity contribution is 0.579. The second kappa shape index (κ2) is 10.2. The van der Waals surface area contributed by atoms with Crippen LogP contribution in [0.2, 0.25) is 0 Å². The Balaban J connectivity index is 1.23. The number of furan rings is 2. The van der Waals surface area contributed by atoms with Crippen molar-refractivity contribution in [2.24, 2.45) is 15.9 Å². The molecule has 2 atom stereocenters. The predicted octanol–water partition coefficient (Wildman–Crippen LogP) is 9.45. The molecule has 2 aliphatic rings. The summed E-state index contributed by atoms with van der Waals surface area (Å²) in [5.74, 6) is 2.82. The van der Waals surface area contributed by atoms with Crippen molar-refractivity contribution in [1.82, 2.24) is 5.32 Å². The summed E-state index contributed by atoms with van der Waals surface area (Å²) in [6, 6.07) is 41.5. The molecule has 2 aromatic heterocycles. The number of allylic oxidation sites excluding steroid dienone is 1. The fourth-order valence-corrected chi connectivity index (χ4v) is 6.79. The molecule has 0 saturated carbocycles. The normalized spacial score (nSPS) is 17.9. The van der Waals surface area contributed by atoms with Crippen molar-refractivity contribution in [2.45, 2.75) is 19.5 Å². The first-order valence-electron chi connectivity index (χ1n) is 15.4. The van der Waals surface area contributed by atoms with Crippen molar-refractivity contribution in [3.05, 3.63) is 161 Å². The lowest BCUT2D eigenvalue weighted by Gasteiger charge is -2.23. The average Bonchev–Trinajstić information content (AvgIpc) is 3.66. The van der Waals surface area contributed by atoms with Crippen LogP contribution in [-0.2, 0) is 6.42 Å². The molecule has 2 unspecified atom stereocenters. The largest absolute Gasteiger partial charge is 0.456 e. The van der Waals surface area contributed by atoms with E-state index in [0.29, 0.717) is 11.8 Å². The molecule has 1 aliphatic carbocycles. The van der Waals surface area contributed by atoms with Gasteiger partial charge in [-0.05, 0) is 47.7 Å². The summed E-state index contributed by atoms with van der Waals surface area (Å²) in [4.78, 5) is 10.3. The van der Waals surface area contributed by atoms with Crippen molar-refractivity contribution in [3.8, 4) is 0 Å². The Morgan fingerprint density at radius 3 is 2.31 bits per heavy atom. The number of benzene rings is 5. The number of nitrogens with one attached hydrogen (secondary N) is 1. The Hall–Kier alpha value is -5.68. The van der Waals surface area contributed by atoms with Crippen LogP contribution in [0, 0.1) is 5.92 Å². The summed E-state index contributed by atoms with van der Waals surface area (Å²) >= 11 is 0. The number of hydrogen-bond donors (Lipinski definition) is 1. The van der Waals surface area contributed by atoms with Crippen LogP contribution in [0.4, 0.5) is 0 Å². The molecule has 5 heteroatoms. The highest BCUT2D eigenvalue weighted by Crippen LogP contribution is 2.42. The van der Waals surface area contributed by atoms with E-state index in [1.807, 2.05) is 54.6 Å². The van der Waals surface area contributed by atoms with Gasteiger partial charge in [-0.25, -0.2) is 9.98 Å². The van der Waals surface area contributed by atoms with E-state index in [2.05, 4.69) is 85.0 Å². The summed E-state index contributed by atoms with van der Waals surface area (Å²) in [6.07, 6.45) is 3.03. The molecule has 0 saturated heterocycles. The van der Waals surface area contributed by atoms with Gasteiger partial charge in [0.25, 0.3) is 0 Å². The molecule has 0 bridgehead atoms. The van der Waals surface area contributed by atoms with Gasteiger partial charge in [0.2, 0.25) is 0 Å². The van der Waals surface area contributed by atoms with Crippen LogP contribution < -0.4 is 5.32 Å². The van der Waals surface area contributed by atoms with Crippen LogP contribution in [0.3, 0.4) is 0 Å². The Morgan fingerprint density at radius 2 is 1.44 bits per heavy atom. The molecular formula is C40H29N3O2. The highest BCUT2D eigenvalue weighted by atomic mass is 16.3. The summed E-state index contributed by atoms with van der Waals surface area (Å²) in [5.41, 5.74) is 9.12. The molecule has 1 aliphatic heterocycles. The minimum Gasteiger partial charge on any atom is -0.456 e. The number of amidine groups is 2. The zero-order valence-electron chi connectivity index (χ0n) is 24.7. The smallest absolute Gasteiger partial charge is 0.160 e. The van der Waals surface area contributed by atoms with Crippen LogP contribution in [-0.4, -0.2) is 11.7 Å². The zero-order valence-corrected chi connectivity index (χ0v) is 24.7.